The molecule has 1 amide bonds. The number of amides is 1. The number of aliphatic hydroxyl groups is 1. The lowest BCUT2D eigenvalue weighted by Gasteiger charge is -2.26. The lowest BCUT2D eigenvalue weighted by Crippen LogP contribution is -2.48. The van der Waals surface area contributed by atoms with Crippen LogP contribution in [0.15, 0.2) is 53.3 Å². The molecule has 2 heterocycles. The zero-order chi connectivity index (χ0) is 22.5. The molecule has 7 nitrogen and oxygen atoms in total. The first-order valence-corrected chi connectivity index (χ1v) is 11.1. The number of methoxy groups -OCH3 is 1. The van der Waals surface area contributed by atoms with Gasteiger partial charge < -0.3 is 15.2 Å². The van der Waals surface area contributed by atoms with Gasteiger partial charge in [0.1, 0.15) is 11.9 Å². The van der Waals surface area contributed by atoms with Crippen LogP contribution in [0.3, 0.4) is 0 Å². The van der Waals surface area contributed by atoms with Crippen LogP contribution in [0.25, 0.3) is 0 Å². The van der Waals surface area contributed by atoms with E-state index in [1.807, 2.05) is 6.08 Å². The minimum atomic E-state index is -0.641. The predicted octanol–water partition coefficient (Wildman–Crippen LogP) is 2.75. The van der Waals surface area contributed by atoms with Crippen LogP contribution < -0.4 is 5.32 Å². The van der Waals surface area contributed by atoms with Crippen LogP contribution >= 0.6 is 0 Å². The Kier molecular flexibility index (Phi) is 7.12. The number of hydrogen-bond donors (Lipinski definition) is 2. The molecule has 1 aromatic carbocycles. The van der Waals surface area contributed by atoms with Gasteiger partial charge in [0, 0.05) is 25.1 Å². The fourth-order valence-electron chi connectivity index (χ4n) is 4.59. The summed E-state index contributed by atoms with van der Waals surface area (Å²) in [6.45, 7) is 0.585. The Bertz CT molecular complexity index is 993. The number of carbonyl (C=O) groups is 1. The number of nitrogens with zero attached hydrogens (tertiary/aromatic N) is 3. The molecule has 2 atom stereocenters. The molecule has 0 spiro atoms. The fourth-order valence-corrected chi connectivity index (χ4v) is 4.59. The number of rotatable bonds is 9. The van der Waals surface area contributed by atoms with E-state index in [0.29, 0.717) is 24.7 Å². The van der Waals surface area contributed by atoms with Gasteiger partial charge >= 0.3 is 0 Å². The van der Waals surface area contributed by atoms with Crippen molar-refractivity contribution in [1.29, 1.82) is 0 Å². The second-order valence-corrected chi connectivity index (χ2v) is 8.33. The number of aromatic nitrogens is 2. The highest BCUT2D eigenvalue weighted by molar-refractivity contribution is 6.16. The molecular formula is C24H29FN4O3. The summed E-state index contributed by atoms with van der Waals surface area (Å²) >= 11 is 0. The standard InChI is InChI=1S/C24H29FN4O3/c1-32-22(15-30)21(14-29-11-5-10-27-29)28-24(31)18-8-4-9-19(25)23(18)20-12-17(13-26-20)16-6-2-3-7-16/h4-5,8-12,16,21-22,30H,2-3,6-7,13-15H2,1H3,(H,28,31)/t21-,22-/m1/s1. The molecule has 1 fully saturated rings. The van der Waals surface area contributed by atoms with Gasteiger partial charge in [0.15, 0.2) is 0 Å². The van der Waals surface area contributed by atoms with Crippen molar-refractivity contribution < 1.29 is 19.0 Å². The highest BCUT2D eigenvalue weighted by atomic mass is 19.1. The van der Waals surface area contributed by atoms with Crippen LogP contribution in [0.4, 0.5) is 4.39 Å². The average molecular weight is 441 g/mol. The molecule has 0 unspecified atom stereocenters. The van der Waals surface area contributed by atoms with Crippen LogP contribution in [0.2, 0.25) is 0 Å². The highest BCUT2D eigenvalue weighted by Crippen LogP contribution is 2.33. The fraction of sp³-hybridized carbons (Fsp3) is 0.458. The van der Waals surface area contributed by atoms with E-state index in [2.05, 4.69) is 15.4 Å². The van der Waals surface area contributed by atoms with Crippen molar-refractivity contribution in [3.63, 3.8) is 0 Å². The van der Waals surface area contributed by atoms with Crippen molar-refractivity contribution in [2.24, 2.45) is 10.9 Å². The van der Waals surface area contributed by atoms with Crippen LogP contribution in [0, 0.1) is 11.7 Å². The van der Waals surface area contributed by atoms with E-state index in [0.717, 1.165) is 12.8 Å². The number of halogens is 1. The molecule has 2 N–H and O–H groups in total. The van der Waals surface area contributed by atoms with Gasteiger partial charge in [-0.1, -0.05) is 18.9 Å². The van der Waals surface area contributed by atoms with Gasteiger partial charge in [-0.25, -0.2) is 4.39 Å². The van der Waals surface area contributed by atoms with Crippen molar-refractivity contribution in [2.75, 3.05) is 20.3 Å². The molecule has 2 aromatic rings. The molecule has 1 aliphatic heterocycles. The summed E-state index contributed by atoms with van der Waals surface area (Å²) in [7, 11) is 1.47. The van der Waals surface area contributed by atoms with E-state index in [1.54, 1.807) is 29.2 Å². The summed E-state index contributed by atoms with van der Waals surface area (Å²) in [6.07, 6.45) is 9.44. The number of aliphatic hydroxyl groups excluding tert-OH is 1. The average Bonchev–Trinajstić information content (AvgIpc) is 3.56. The van der Waals surface area contributed by atoms with E-state index in [4.69, 9.17) is 4.74 Å². The molecule has 0 bridgehead atoms. The first kappa shape index (κ1) is 22.4. The Hall–Kier alpha value is -2.84. The van der Waals surface area contributed by atoms with E-state index in [9.17, 15) is 14.3 Å². The molecule has 170 valence electrons. The van der Waals surface area contributed by atoms with Crippen molar-refractivity contribution in [1.82, 2.24) is 15.1 Å². The quantitative estimate of drug-likeness (QED) is 0.628. The van der Waals surface area contributed by atoms with Crippen LogP contribution in [-0.2, 0) is 11.3 Å². The largest absolute Gasteiger partial charge is 0.394 e. The molecule has 1 saturated carbocycles. The normalized spacial score (nSPS) is 18.3. The number of aliphatic imine (C=N–C) groups is 1. The summed E-state index contributed by atoms with van der Waals surface area (Å²) < 4.78 is 21.9. The molecule has 0 saturated heterocycles. The van der Waals surface area contributed by atoms with Crippen molar-refractivity contribution in [2.45, 2.75) is 44.4 Å². The predicted molar refractivity (Wildman–Crippen MR) is 119 cm³/mol. The molecule has 2 aliphatic rings. The second kappa shape index (κ2) is 10.2. The molecule has 1 aromatic heterocycles. The maximum atomic E-state index is 14.9. The van der Waals surface area contributed by atoms with Crippen molar-refractivity contribution in [3.8, 4) is 0 Å². The van der Waals surface area contributed by atoms with E-state index in [-0.39, 0.29) is 17.7 Å². The Balaban J connectivity index is 1.59. The smallest absolute Gasteiger partial charge is 0.252 e. The van der Waals surface area contributed by atoms with E-state index in [1.165, 1.54) is 37.7 Å². The lowest BCUT2D eigenvalue weighted by atomic mass is 9.95. The van der Waals surface area contributed by atoms with Crippen LogP contribution in [0.1, 0.15) is 41.6 Å². The SMILES string of the molecule is CO[C@H](CO)[C@@H](Cn1cccn1)NC(=O)c1cccc(F)c1C1=NCC(C2CCCC2)=C1. The Labute approximate surface area is 187 Å². The maximum Gasteiger partial charge on any atom is 0.252 e. The molecular weight excluding hydrogens is 411 g/mol. The maximum absolute atomic E-state index is 14.9. The van der Waals surface area contributed by atoms with Gasteiger partial charge in [0.05, 0.1) is 37.0 Å². The first-order valence-electron chi connectivity index (χ1n) is 11.1. The number of hydrogen-bond acceptors (Lipinski definition) is 5. The third-order valence-corrected chi connectivity index (χ3v) is 6.34. The van der Waals surface area contributed by atoms with Crippen LogP contribution in [0.5, 0.6) is 0 Å². The minimum absolute atomic E-state index is 0.214. The third-order valence-electron chi connectivity index (χ3n) is 6.34. The highest BCUT2D eigenvalue weighted by Gasteiger charge is 2.28. The first-order chi connectivity index (χ1) is 15.6. The Morgan fingerprint density at radius 1 is 1.34 bits per heavy atom. The minimum Gasteiger partial charge on any atom is -0.394 e. The molecule has 1 aliphatic carbocycles. The zero-order valence-corrected chi connectivity index (χ0v) is 18.2. The molecule has 8 heteroatoms. The van der Waals surface area contributed by atoms with Crippen LogP contribution in [-0.4, -0.2) is 58.9 Å². The second-order valence-electron chi connectivity index (χ2n) is 8.33. The zero-order valence-electron chi connectivity index (χ0n) is 18.2. The van der Waals surface area contributed by atoms with Gasteiger partial charge in [0.25, 0.3) is 5.91 Å². The topological polar surface area (TPSA) is 88.7 Å². The van der Waals surface area contributed by atoms with Gasteiger partial charge in [-0.2, -0.15) is 5.10 Å². The van der Waals surface area contributed by atoms with E-state index >= 15 is 0 Å². The summed E-state index contributed by atoms with van der Waals surface area (Å²) in [5.74, 6) is -0.419. The number of benzene rings is 1. The van der Waals surface area contributed by atoms with Crippen molar-refractivity contribution in [3.05, 3.63) is 65.3 Å². The summed E-state index contributed by atoms with van der Waals surface area (Å²) in [5, 5.41) is 16.8. The van der Waals surface area contributed by atoms with Gasteiger partial charge in [-0.15, -0.1) is 0 Å². The van der Waals surface area contributed by atoms with Gasteiger partial charge in [0.2, 0.25) is 0 Å². The molecule has 32 heavy (non-hydrogen) atoms. The van der Waals surface area contributed by atoms with Gasteiger partial charge in [-0.3, -0.25) is 14.5 Å². The summed E-state index contributed by atoms with van der Waals surface area (Å²) in [4.78, 5) is 17.8. The van der Waals surface area contributed by atoms with Crippen molar-refractivity contribution >= 4 is 11.6 Å². The summed E-state index contributed by atoms with van der Waals surface area (Å²) in [6, 6.07) is 5.68. The van der Waals surface area contributed by atoms with E-state index < -0.39 is 23.9 Å². The third kappa shape index (κ3) is 4.81. The number of allylic oxidation sites excluding steroid dienone is 1. The molecule has 0 radical (unpaired) electrons. The Morgan fingerprint density at radius 3 is 2.84 bits per heavy atom. The lowest BCUT2D eigenvalue weighted by molar-refractivity contribution is 0.0166. The number of nitrogens with one attached hydrogen (secondary N) is 1. The molecule has 4 rings (SSSR count). The number of ether oxygens (including phenoxy) is 1. The summed E-state index contributed by atoms with van der Waals surface area (Å²) in [5.41, 5.74) is 2.17. The van der Waals surface area contributed by atoms with Gasteiger partial charge in [-0.05, 0) is 48.6 Å². The number of carbonyl (C=O) groups excluding carboxylic acids is 1. The Morgan fingerprint density at radius 2 is 2.16 bits per heavy atom. The monoisotopic (exact) mass is 440 g/mol.